The second-order valence-corrected chi connectivity index (χ2v) is 7.61. The predicted molar refractivity (Wildman–Crippen MR) is 82.3 cm³/mol. The number of aromatic nitrogens is 1. The predicted octanol–water partition coefficient (Wildman–Crippen LogP) is 2.57. The van der Waals surface area contributed by atoms with Crippen LogP contribution in [0, 0.1) is 5.92 Å². The molecule has 0 aliphatic rings. The molecule has 0 amide bonds. The van der Waals surface area contributed by atoms with Gasteiger partial charge >= 0.3 is 0 Å². The van der Waals surface area contributed by atoms with Crippen molar-refractivity contribution in [3.63, 3.8) is 0 Å². The Kier molecular flexibility index (Phi) is 5.95. The molecule has 20 heavy (non-hydrogen) atoms. The average Bonchev–Trinajstić information content (AvgIpc) is 2.38. The van der Waals surface area contributed by atoms with Gasteiger partial charge in [-0.3, -0.25) is 0 Å². The molecule has 1 N–H and O–H groups in total. The molecule has 5 nitrogen and oxygen atoms in total. The van der Waals surface area contributed by atoms with Crippen molar-refractivity contribution in [1.82, 2.24) is 9.29 Å². The van der Waals surface area contributed by atoms with E-state index in [-0.39, 0.29) is 4.90 Å². The lowest BCUT2D eigenvalue weighted by atomic mass is 10.0. The fourth-order valence-electron chi connectivity index (χ4n) is 1.91. The minimum absolute atomic E-state index is 0.211. The molecule has 2 unspecified atom stereocenters. The van der Waals surface area contributed by atoms with Crippen LogP contribution < -0.4 is 5.32 Å². The molecule has 0 saturated carbocycles. The van der Waals surface area contributed by atoms with Gasteiger partial charge in [-0.15, -0.1) is 0 Å². The maximum absolute atomic E-state index is 11.9. The summed E-state index contributed by atoms with van der Waals surface area (Å²) in [6.45, 7) is 6.51. The first-order chi connectivity index (χ1) is 9.27. The highest BCUT2D eigenvalue weighted by atomic mass is 32.2. The van der Waals surface area contributed by atoms with Gasteiger partial charge in [0.25, 0.3) is 0 Å². The van der Waals surface area contributed by atoms with Crippen LogP contribution in [-0.4, -0.2) is 37.8 Å². The van der Waals surface area contributed by atoms with Crippen LogP contribution in [0.1, 0.15) is 33.6 Å². The number of nitrogens with one attached hydrogen (secondary N) is 1. The van der Waals surface area contributed by atoms with Crippen molar-refractivity contribution in [1.29, 1.82) is 0 Å². The Morgan fingerprint density at radius 1 is 1.30 bits per heavy atom. The van der Waals surface area contributed by atoms with E-state index < -0.39 is 10.0 Å². The van der Waals surface area contributed by atoms with Crippen LogP contribution in [0.25, 0.3) is 0 Å². The standard InChI is InChI=1S/C14H25N3O2S/c1-6-11(2)9-12(3)16-14-8-7-13(10-15-14)20(18,19)17(4)5/h7-8,10-12H,6,9H2,1-5H3,(H,15,16). The molecule has 0 aromatic carbocycles. The summed E-state index contributed by atoms with van der Waals surface area (Å²) >= 11 is 0. The smallest absolute Gasteiger partial charge is 0.244 e. The third kappa shape index (κ3) is 4.45. The lowest BCUT2D eigenvalue weighted by Gasteiger charge is -2.18. The van der Waals surface area contributed by atoms with Crippen LogP contribution in [0.3, 0.4) is 0 Å². The monoisotopic (exact) mass is 299 g/mol. The van der Waals surface area contributed by atoms with Crippen molar-refractivity contribution < 1.29 is 8.42 Å². The zero-order valence-corrected chi connectivity index (χ0v) is 13.7. The van der Waals surface area contributed by atoms with Crippen LogP contribution in [0.4, 0.5) is 5.82 Å². The molecular formula is C14H25N3O2S. The summed E-state index contributed by atoms with van der Waals surface area (Å²) in [4.78, 5) is 4.39. The van der Waals surface area contributed by atoms with Crippen LogP contribution in [0.15, 0.2) is 23.2 Å². The van der Waals surface area contributed by atoms with E-state index in [2.05, 4.69) is 31.1 Å². The minimum atomic E-state index is -3.40. The van der Waals surface area contributed by atoms with E-state index in [0.717, 1.165) is 12.8 Å². The first-order valence-electron chi connectivity index (χ1n) is 6.92. The average molecular weight is 299 g/mol. The number of hydrogen-bond acceptors (Lipinski definition) is 4. The number of pyridine rings is 1. The number of anilines is 1. The summed E-state index contributed by atoms with van der Waals surface area (Å²) in [7, 11) is -0.383. The Balaban J connectivity index is 2.73. The number of hydrogen-bond donors (Lipinski definition) is 1. The number of sulfonamides is 1. The molecule has 1 aromatic heterocycles. The van der Waals surface area contributed by atoms with Gasteiger partial charge in [0.15, 0.2) is 0 Å². The van der Waals surface area contributed by atoms with Crippen LogP contribution in [-0.2, 0) is 10.0 Å². The quantitative estimate of drug-likeness (QED) is 0.840. The SMILES string of the molecule is CCC(C)CC(C)Nc1ccc(S(=O)(=O)N(C)C)cn1. The van der Waals surface area contributed by atoms with Gasteiger partial charge in [0.1, 0.15) is 10.7 Å². The highest BCUT2D eigenvalue weighted by Gasteiger charge is 2.17. The topological polar surface area (TPSA) is 62.3 Å². The van der Waals surface area contributed by atoms with Crippen LogP contribution in [0.2, 0.25) is 0 Å². The third-order valence-electron chi connectivity index (χ3n) is 3.36. The summed E-state index contributed by atoms with van der Waals surface area (Å²) < 4.78 is 25.0. The molecule has 0 radical (unpaired) electrons. The third-order valence-corrected chi connectivity index (χ3v) is 5.16. The van der Waals surface area contributed by atoms with E-state index in [1.165, 1.54) is 24.6 Å². The van der Waals surface area contributed by atoms with Crippen LogP contribution >= 0.6 is 0 Å². The Morgan fingerprint density at radius 3 is 2.40 bits per heavy atom. The summed E-state index contributed by atoms with van der Waals surface area (Å²) in [6, 6.07) is 3.61. The van der Waals surface area contributed by atoms with Crippen LogP contribution in [0.5, 0.6) is 0 Å². The summed E-state index contributed by atoms with van der Waals surface area (Å²) in [6.07, 6.45) is 3.61. The fraction of sp³-hybridized carbons (Fsp3) is 0.643. The largest absolute Gasteiger partial charge is 0.368 e. The van der Waals surface area contributed by atoms with Crippen molar-refractivity contribution in [3.8, 4) is 0 Å². The van der Waals surface area contributed by atoms with Gasteiger partial charge in [-0.05, 0) is 31.4 Å². The Bertz CT molecular complexity index is 512. The van der Waals surface area contributed by atoms with E-state index in [0.29, 0.717) is 17.8 Å². The molecule has 0 aliphatic carbocycles. The summed E-state index contributed by atoms with van der Waals surface area (Å²) in [5.41, 5.74) is 0. The van der Waals surface area contributed by atoms with Crippen molar-refractivity contribution in [2.45, 2.75) is 44.6 Å². The second-order valence-electron chi connectivity index (χ2n) is 5.46. The van der Waals surface area contributed by atoms with Gasteiger partial charge in [-0.25, -0.2) is 17.7 Å². The molecule has 0 bridgehead atoms. The number of nitrogens with zero attached hydrogens (tertiary/aromatic N) is 2. The van der Waals surface area contributed by atoms with Gasteiger partial charge in [0, 0.05) is 26.3 Å². The fourth-order valence-corrected chi connectivity index (χ4v) is 2.76. The van der Waals surface area contributed by atoms with Gasteiger partial charge in [0.05, 0.1) is 0 Å². The van der Waals surface area contributed by atoms with Gasteiger partial charge in [0.2, 0.25) is 10.0 Å². The molecule has 114 valence electrons. The lowest BCUT2D eigenvalue weighted by Crippen LogP contribution is -2.23. The van der Waals surface area contributed by atoms with E-state index in [1.54, 1.807) is 12.1 Å². The zero-order chi connectivity index (χ0) is 15.3. The van der Waals surface area contributed by atoms with Crippen molar-refractivity contribution in [2.75, 3.05) is 19.4 Å². The molecule has 0 fully saturated rings. The molecular weight excluding hydrogens is 274 g/mol. The minimum Gasteiger partial charge on any atom is -0.368 e. The summed E-state index contributed by atoms with van der Waals surface area (Å²) in [5, 5.41) is 3.30. The Morgan fingerprint density at radius 2 is 1.95 bits per heavy atom. The second kappa shape index (κ2) is 7.04. The Labute approximate surface area is 122 Å². The maximum atomic E-state index is 11.9. The molecule has 2 atom stereocenters. The molecule has 0 saturated heterocycles. The first-order valence-corrected chi connectivity index (χ1v) is 8.36. The van der Waals surface area contributed by atoms with E-state index in [4.69, 9.17) is 0 Å². The highest BCUT2D eigenvalue weighted by molar-refractivity contribution is 7.89. The molecule has 0 spiro atoms. The van der Waals surface area contributed by atoms with Crippen molar-refractivity contribution in [2.24, 2.45) is 5.92 Å². The molecule has 1 heterocycles. The highest BCUT2D eigenvalue weighted by Crippen LogP contribution is 2.16. The molecule has 1 aromatic rings. The molecule has 6 heteroatoms. The summed E-state index contributed by atoms with van der Waals surface area (Å²) in [5.74, 6) is 1.37. The van der Waals surface area contributed by atoms with Crippen molar-refractivity contribution in [3.05, 3.63) is 18.3 Å². The van der Waals surface area contributed by atoms with Gasteiger partial charge in [-0.2, -0.15) is 0 Å². The Hall–Kier alpha value is -1.14. The molecule has 1 rings (SSSR count). The zero-order valence-electron chi connectivity index (χ0n) is 12.9. The molecule has 0 aliphatic heterocycles. The van der Waals surface area contributed by atoms with E-state index in [1.807, 2.05) is 0 Å². The first kappa shape index (κ1) is 16.9. The normalized spacial score (nSPS) is 15.1. The van der Waals surface area contributed by atoms with Gasteiger partial charge < -0.3 is 5.32 Å². The maximum Gasteiger partial charge on any atom is 0.244 e. The van der Waals surface area contributed by atoms with E-state index in [9.17, 15) is 8.42 Å². The lowest BCUT2D eigenvalue weighted by molar-refractivity contribution is 0.483. The van der Waals surface area contributed by atoms with Gasteiger partial charge in [-0.1, -0.05) is 20.3 Å². The number of rotatable bonds is 7. The van der Waals surface area contributed by atoms with Crippen molar-refractivity contribution >= 4 is 15.8 Å². The van der Waals surface area contributed by atoms with E-state index >= 15 is 0 Å².